The summed E-state index contributed by atoms with van der Waals surface area (Å²) in [5.41, 5.74) is 0. The van der Waals surface area contributed by atoms with Gasteiger partial charge in [-0.05, 0) is 0 Å². The third kappa shape index (κ3) is 3.32. The SMILES string of the molecule is COC(=O)[C@@H](C)C[C@@H](C)[N+](=O)[O-]. The Morgan fingerprint density at radius 3 is 2.42 bits per heavy atom. The van der Waals surface area contributed by atoms with Crippen molar-refractivity contribution in [2.24, 2.45) is 5.92 Å². The summed E-state index contributed by atoms with van der Waals surface area (Å²) in [4.78, 5) is 20.6. The molecule has 0 aromatic heterocycles. The van der Waals surface area contributed by atoms with Gasteiger partial charge in [0.25, 0.3) is 0 Å². The molecule has 0 aliphatic carbocycles. The predicted molar refractivity (Wildman–Crippen MR) is 42.3 cm³/mol. The number of rotatable bonds is 4. The molecule has 0 N–H and O–H groups in total. The normalized spacial score (nSPS) is 14.9. The lowest BCUT2D eigenvalue weighted by atomic mass is 10.0. The zero-order valence-electron chi connectivity index (χ0n) is 7.44. The Kier molecular flexibility index (Phi) is 4.25. The summed E-state index contributed by atoms with van der Waals surface area (Å²) >= 11 is 0. The highest BCUT2D eigenvalue weighted by molar-refractivity contribution is 5.71. The molecular weight excluding hydrogens is 162 g/mol. The molecule has 0 fully saturated rings. The van der Waals surface area contributed by atoms with Gasteiger partial charge < -0.3 is 4.74 Å². The minimum atomic E-state index is -0.695. The van der Waals surface area contributed by atoms with Crippen LogP contribution < -0.4 is 0 Å². The Balaban J connectivity index is 3.91. The van der Waals surface area contributed by atoms with Crippen LogP contribution in [0.3, 0.4) is 0 Å². The van der Waals surface area contributed by atoms with Crippen molar-refractivity contribution < 1.29 is 14.5 Å². The second kappa shape index (κ2) is 4.69. The highest BCUT2D eigenvalue weighted by Gasteiger charge is 2.22. The molecule has 2 atom stereocenters. The number of nitrogens with zero attached hydrogens (tertiary/aromatic N) is 1. The first-order valence-corrected chi connectivity index (χ1v) is 3.70. The summed E-state index contributed by atoms with van der Waals surface area (Å²) < 4.78 is 4.43. The van der Waals surface area contributed by atoms with Gasteiger partial charge in [0, 0.05) is 18.3 Å². The molecule has 0 saturated carbocycles. The van der Waals surface area contributed by atoms with Crippen LogP contribution in [0.4, 0.5) is 0 Å². The number of hydrogen-bond acceptors (Lipinski definition) is 4. The highest BCUT2D eigenvalue weighted by Crippen LogP contribution is 2.09. The van der Waals surface area contributed by atoms with Crippen LogP contribution in [-0.2, 0) is 9.53 Å². The van der Waals surface area contributed by atoms with Gasteiger partial charge in [-0.1, -0.05) is 6.92 Å². The number of hydrogen-bond donors (Lipinski definition) is 0. The molecular formula is C7H13NO4. The first kappa shape index (κ1) is 10.9. The number of carbonyl (C=O) groups is 1. The maximum atomic E-state index is 10.8. The van der Waals surface area contributed by atoms with Crippen LogP contribution in [0.25, 0.3) is 0 Å². The van der Waals surface area contributed by atoms with Crippen LogP contribution in [0.2, 0.25) is 0 Å². The van der Waals surface area contributed by atoms with Gasteiger partial charge in [-0.3, -0.25) is 14.9 Å². The molecule has 5 heteroatoms. The second-order valence-electron chi connectivity index (χ2n) is 2.79. The van der Waals surface area contributed by atoms with Crippen LogP contribution in [-0.4, -0.2) is 24.0 Å². The number of methoxy groups -OCH3 is 1. The van der Waals surface area contributed by atoms with E-state index in [1.54, 1.807) is 6.92 Å². The lowest BCUT2D eigenvalue weighted by Crippen LogP contribution is -2.23. The summed E-state index contributed by atoms with van der Waals surface area (Å²) in [6.07, 6.45) is 0.222. The Bertz CT molecular complexity index is 180. The van der Waals surface area contributed by atoms with Crippen LogP contribution in [0.5, 0.6) is 0 Å². The van der Waals surface area contributed by atoms with Gasteiger partial charge in [-0.25, -0.2) is 0 Å². The summed E-state index contributed by atoms with van der Waals surface area (Å²) in [5, 5.41) is 10.2. The van der Waals surface area contributed by atoms with Gasteiger partial charge in [0.1, 0.15) is 0 Å². The zero-order valence-corrected chi connectivity index (χ0v) is 7.44. The smallest absolute Gasteiger partial charge is 0.308 e. The molecule has 0 unspecified atom stereocenters. The van der Waals surface area contributed by atoms with Crippen molar-refractivity contribution in [3.63, 3.8) is 0 Å². The molecule has 0 aromatic rings. The minimum absolute atomic E-state index is 0.222. The van der Waals surface area contributed by atoms with Crippen molar-refractivity contribution >= 4 is 5.97 Å². The van der Waals surface area contributed by atoms with Crippen molar-refractivity contribution in [3.8, 4) is 0 Å². The van der Waals surface area contributed by atoms with Crippen molar-refractivity contribution in [1.82, 2.24) is 0 Å². The Morgan fingerprint density at radius 1 is 1.58 bits per heavy atom. The van der Waals surface area contributed by atoms with Gasteiger partial charge in [0.2, 0.25) is 6.04 Å². The fraction of sp³-hybridized carbons (Fsp3) is 0.857. The fourth-order valence-corrected chi connectivity index (χ4v) is 0.895. The van der Waals surface area contributed by atoms with E-state index in [-0.39, 0.29) is 6.42 Å². The quantitative estimate of drug-likeness (QED) is 0.361. The summed E-state index contributed by atoms with van der Waals surface area (Å²) in [6, 6.07) is -0.695. The van der Waals surface area contributed by atoms with Crippen molar-refractivity contribution in [2.75, 3.05) is 7.11 Å². The lowest BCUT2D eigenvalue weighted by molar-refractivity contribution is -0.519. The molecule has 0 radical (unpaired) electrons. The van der Waals surface area contributed by atoms with Crippen LogP contribution in [0.15, 0.2) is 0 Å². The molecule has 70 valence electrons. The van der Waals surface area contributed by atoms with Gasteiger partial charge in [0.15, 0.2) is 0 Å². The second-order valence-corrected chi connectivity index (χ2v) is 2.79. The fourth-order valence-electron chi connectivity index (χ4n) is 0.895. The molecule has 0 rings (SSSR count). The molecule has 0 heterocycles. The van der Waals surface area contributed by atoms with Gasteiger partial charge in [-0.15, -0.1) is 0 Å². The molecule has 0 spiro atoms. The van der Waals surface area contributed by atoms with E-state index in [0.29, 0.717) is 0 Å². The molecule has 0 aliphatic heterocycles. The van der Waals surface area contributed by atoms with Crippen molar-refractivity contribution in [2.45, 2.75) is 26.3 Å². The monoisotopic (exact) mass is 175 g/mol. The van der Waals surface area contributed by atoms with Gasteiger partial charge in [-0.2, -0.15) is 0 Å². The van der Waals surface area contributed by atoms with E-state index in [1.807, 2.05) is 0 Å². The van der Waals surface area contributed by atoms with E-state index in [9.17, 15) is 14.9 Å². The molecule has 12 heavy (non-hydrogen) atoms. The van der Waals surface area contributed by atoms with Crippen molar-refractivity contribution in [3.05, 3.63) is 10.1 Å². The summed E-state index contributed by atoms with van der Waals surface area (Å²) in [6.45, 7) is 3.09. The van der Waals surface area contributed by atoms with E-state index in [1.165, 1.54) is 14.0 Å². The average molecular weight is 175 g/mol. The third-order valence-electron chi connectivity index (χ3n) is 1.66. The standard InChI is InChI=1S/C7H13NO4/c1-5(7(9)12-3)4-6(2)8(10)11/h5-6H,4H2,1-3H3/t5-,6+/m0/s1. The third-order valence-corrected chi connectivity index (χ3v) is 1.66. The van der Waals surface area contributed by atoms with E-state index in [4.69, 9.17) is 0 Å². The molecule has 0 aromatic carbocycles. The van der Waals surface area contributed by atoms with Gasteiger partial charge in [0.05, 0.1) is 13.0 Å². The molecule has 0 aliphatic rings. The number of ether oxygens (including phenoxy) is 1. The van der Waals surface area contributed by atoms with E-state index in [0.717, 1.165) is 0 Å². The van der Waals surface area contributed by atoms with Crippen LogP contribution in [0.1, 0.15) is 20.3 Å². The van der Waals surface area contributed by atoms with Crippen LogP contribution in [0, 0.1) is 16.0 Å². The number of esters is 1. The highest BCUT2D eigenvalue weighted by atomic mass is 16.6. The predicted octanol–water partition coefficient (Wildman–Crippen LogP) is 0.851. The minimum Gasteiger partial charge on any atom is -0.469 e. The van der Waals surface area contributed by atoms with Gasteiger partial charge >= 0.3 is 5.97 Å². The first-order valence-electron chi connectivity index (χ1n) is 3.70. The maximum Gasteiger partial charge on any atom is 0.308 e. The Labute approximate surface area is 70.9 Å². The topological polar surface area (TPSA) is 69.4 Å². The van der Waals surface area contributed by atoms with Crippen molar-refractivity contribution in [1.29, 1.82) is 0 Å². The summed E-state index contributed by atoms with van der Waals surface area (Å²) in [7, 11) is 1.27. The van der Waals surface area contributed by atoms with E-state index < -0.39 is 22.9 Å². The maximum absolute atomic E-state index is 10.8. The molecule has 5 nitrogen and oxygen atoms in total. The number of nitro groups is 1. The Hall–Kier alpha value is -1.13. The summed E-state index contributed by atoms with van der Waals surface area (Å²) in [5.74, 6) is -0.806. The van der Waals surface area contributed by atoms with E-state index >= 15 is 0 Å². The average Bonchev–Trinajstić information content (AvgIpc) is 2.02. The molecule has 0 amide bonds. The van der Waals surface area contributed by atoms with E-state index in [2.05, 4.69) is 4.74 Å². The molecule has 0 saturated heterocycles. The van der Waals surface area contributed by atoms with Crippen LogP contribution >= 0.6 is 0 Å². The lowest BCUT2D eigenvalue weighted by Gasteiger charge is -2.09. The largest absolute Gasteiger partial charge is 0.469 e. The Morgan fingerprint density at radius 2 is 2.08 bits per heavy atom. The number of carbonyl (C=O) groups excluding carboxylic acids is 1. The molecule has 0 bridgehead atoms. The zero-order chi connectivity index (χ0) is 9.72. The first-order chi connectivity index (χ1) is 5.49.